The zero-order valence-electron chi connectivity index (χ0n) is 22.7. The average molecular weight is 527 g/mol. The quantitative estimate of drug-likeness (QED) is 0.440. The van der Waals surface area contributed by atoms with E-state index in [9.17, 15) is 4.39 Å². The molecule has 202 valence electrons. The van der Waals surface area contributed by atoms with Crippen LogP contribution >= 0.6 is 0 Å². The number of dihydropyridines is 1. The third-order valence-electron chi connectivity index (χ3n) is 8.09. The number of piperidine rings is 1. The molecule has 0 amide bonds. The lowest BCUT2D eigenvalue weighted by atomic mass is 9.79. The second-order valence-corrected chi connectivity index (χ2v) is 11.4. The Bertz CT molecular complexity index is 1500. The number of nitrogens with two attached hydrogens (primary N) is 1. The number of pyridine rings is 2. The van der Waals surface area contributed by atoms with Crippen molar-refractivity contribution >= 4 is 28.0 Å². The topological polar surface area (TPSA) is 105 Å². The number of halogens is 1. The van der Waals surface area contributed by atoms with Crippen molar-refractivity contribution in [3.63, 3.8) is 0 Å². The molecule has 0 spiro atoms. The molecular weight excluding hydrogens is 491 g/mol. The number of anilines is 1. The van der Waals surface area contributed by atoms with Crippen molar-refractivity contribution in [2.24, 2.45) is 11.1 Å². The van der Waals surface area contributed by atoms with Gasteiger partial charge in [0.2, 0.25) is 0 Å². The molecule has 3 aliphatic rings. The van der Waals surface area contributed by atoms with E-state index in [4.69, 9.17) is 15.7 Å². The molecule has 8 nitrogen and oxygen atoms in total. The van der Waals surface area contributed by atoms with E-state index >= 15 is 0 Å². The van der Waals surface area contributed by atoms with E-state index in [1.165, 1.54) is 30.7 Å². The fourth-order valence-corrected chi connectivity index (χ4v) is 5.89. The second kappa shape index (κ2) is 10.0. The van der Waals surface area contributed by atoms with Gasteiger partial charge in [-0.25, -0.2) is 14.4 Å². The van der Waals surface area contributed by atoms with E-state index in [0.29, 0.717) is 24.3 Å². The maximum absolute atomic E-state index is 14.4. The van der Waals surface area contributed by atoms with Crippen LogP contribution in [-0.4, -0.2) is 52.7 Å². The lowest BCUT2D eigenvalue weighted by Crippen LogP contribution is -2.53. The number of nitrogens with zero attached hydrogens (tertiary/aromatic N) is 5. The molecule has 1 saturated heterocycles. The van der Waals surface area contributed by atoms with E-state index in [1.54, 1.807) is 12.1 Å². The highest BCUT2D eigenvalue weighted by Gasteiger charge is 2.37. The zero-order valence-corrected chi connectivity index (χ0v) is 22.7. The minimum Gasteiger partial charge on any atom is -0.397 e. The van der Waals surface area contributed by atoms with E-state index < -0.39 is 5.82 Å². The molecule has 3 aromatic rings. The van der Waals surface area contributed by atoms with Crippen LogP contribution in [0.2, 0.25) is 0 Å². The van der Waals surface area contributed by atoms with Gasteiger partial charge < -0.3 is 21.3 Å². The van der Waals surface area contributed by atoms with Crippen LogP contribution < -0.4 is 21.3 Å². The van der Waals surface area contributed by atoms with Gasteiger partial charge in [0.25, 0.3) is 0 Å². The van der Waals surface area contributed by atoms with E-state index in [-0.39, 0.29) is 16.8 Å². The molecule has 1 saturated carbocycles. The molecule has 0 radical (unpaired) electrons. The molecule has 2 fully saturated rings. The summed E-state index contributed by atoms with van der Waals surface area (Å²) in [5.41, 5.74) is 10.4. The van der Waals surface area contributed by atoms with E-state index in [1.807, 2.05) is 24.7 Å². The van der Waals surface area contributed by atoms with Gasteiger partial charge in [-0.1, -0.05) is 19.9 Å². The number of rotatable bonds is 6. The normalized spacial score (nSPS) is 21.2. The second-order valence-electron chi connectivity index (χ2n) is 11.4. The van der Waals surface area contributed by atoms with Crippen molar-refractivity contribution in [1.29, 1.82) is 0 Å². The average Bonchev–Trinajstić information content (AvgIpc) is 3.78. The molecule has 0 bridgehead atoms. The van der Waals surface area contributed by atoms with Gasteiger partial charge in [-0.3, -0.25) is 9.97 Å². The number of hydrogen-bond donors (Lipinski definition) is 3. The molecule has 39 heavy (non-hydrogen) atoms. The summed E-state index contributed by atoms with van der Waals surface area (Å²) in [6.07, 6.45) is 14.4. The highest BCUT2D eigenvalue weighted by molar-refractivity contribution is 5.95. The van der Waals surface area contributed by atoms with Crippen LogP contribution in [0.25, 0.3) is 22.2 Å². The molecule has 6 rings (SSSR count). The summed E-state index contributed by atoms with van der Waals surface area (Å²) in [7, 11) is 2.16. The van der Waals surface area contributed by atoms with Crippen molar-refractivity contribution < 1.29 is 4.39 Å². The van der Waals surface area contributed by atoms with Gasteiger partial charge in [-0.05, 0) is 60.9 Å². The molecular formula is C30H35FN8. The predicted molar refractivity (Wildman–Crippen MR) is 153 cm³/mol. The molecule has 0 aromatic carbocycles. The Morgan fingerprint density at radius 2 is 2.05 bits per heavy atom. The fourth-order valence-electron chi connectivity index (χ4n) is 5.89. The highest BCUT2D eigenvalue weighted by Crippen LogP contribution is 2.45. The number of hydrogen-bond acceptors (Lipinski definition) is 8. The molecule has 4 N–H and O–H groups in total. The SMILES string of the molecule is CN(c1nc(C2=CCNC=C2/C=C(\N)c2ncccc2F)nc2cncc(C3CC3)c12)C1CCNCC1(C)C. The van der Waals surface area contributed by atoms with Crippen LogP contribution in [0.5, 0.6) is 0 Å². The van der Waals surface area contributed by atoms with Crippen LogP contribution in [0.3, 0.4) is 0 Å². The van der Waals surface area contributed by atoms with Crippen LogP contribution in [0.15, 0.2) is 54.6 Å². The summed E-state index contributed by atoms with van der Waals surface area (Å²) < 4.78 is 14.4. The van der Waals surface area contributed by atoms with Gasteiger partial charge in [0.1, 0.15) is 11.5 Å². The van der Waals surface area contributed by atoms with E-state index in [0.717, 1.165) is 47.4 Å². The minimum atomic E-state index is -0.463. The maximum atomic E-state index is 14.4. The summed E-state index contributed by atoms with van der Waals surface area (Å²) in [6.45, 7) is 7.18. The maximum Gasteiger partial charge on any atom is 0.162 e. The summed E-state index contributed by atoms with van der Waals surface area (Å²) in [5, 5.41) is 7.88. The highest BCUT2D eigenvalue weighted by atomic mass is 19.1. The Labute approximate surface area is 228 Å². The van der Waals surface area contributed by atoms with Crippen LogP contribution in [0.1, 0.15) is 56.1 Å². The summed E-state index contributed by atoms with van der Waals surface area (Å²) in [5.74, 6) is 1.58. The number of fused-ring (bicyclic) bond motifs is 1. The first-order valence-electron chi connectivity index (χ1n) is 13.6. The molecule has 2 aliphatic heterocycles. The summed E-state index contributed by atoms with van der Waals surface area (Å²) >= 11 is 0. The van der Waals surface area contributed by atoms with Gasteiger partial charge in [-0.2, -0.15) is 0 Å². The first kappa shape index (κ1) is 25.4. The lowest BCUT2D eigenvalue weighted by Gasteiger charge is -2.45. The third kappa shape index (κ3) is 4.87. The van der Waals surface area contributed by atoms with Crippen molar-refractivity contribution in [3.05, 3.63) is 77.5 Å². The summed E-state index contributed by atoms with van der Waals surface area (Å²) in [4.78, 5) is 21.3. The molecule has 1 unspecified atom stereocenters. The Hall–Kier alpha value is -3.85. The molecule has 1 aliphatic carbocycles. The standard InChI is InChI=1S/C30H35FN8/c1-30(2)17-34-12-9-25(30)39(3)29-26-21(18-6-7-18)15-35-16-24(26)37-28(38-29)20-8-11-33-14-19(20)13-23(32)27-22(31)5-4-10-36-27/h4-5,8,10,13-16,18,25,33-34H,6-7,9,11-12,17,32H2,1-3H3/b23-13-. The minimum absolute atomic E-state index is 0.0697. The molecule has 5 heterocycles. The first-order valence-corrected chi connectivity index (χ1v) is 13.6. The number of allylic oxidation sites excluding steroid dienone is 3. The van der Waals surface area contributed by atoms with E-state index in [2.05, 4.69) is 46.4 Å². The number of aromatic nitrogens is 4. The van der Waals surface area contributed by atoms with Crippen LogP contribution in [0.4, 0.5) is 10.2 Å². The number of nitrogens with one attached hydrogen (secondary N) is 2. The molecule has 3 aromatic heterocycles. The smallest absolute Gasteiger partial charge is 0.162 e. The van der Waals surface area contributed by atoms with Crippen LogP contribution in [-0.2, 0) is 0 Å². The predicted octanol–water partition coefficient (Wildman–Crippen LogP) is 4.13. The van der Waals surface area contributed by atoms with Crippen molar-refractivity contribution in [2.45, 2.75) is 45.1 Å². The first-order chi connectivity index (χ1) is 18.8. The zero-order chi connectivity index (χ0) is 27.1. The van der Waals surface area contributed by atoms with Gasteiger partial charge in [-0.15, -0.1) is 0 Å². The van der Waals surface area contributed by atoms with Gasteiger partial charge >= 0.3 is 0 Å². The Morgan fingerprint density at radius 3 is 2.82 bits per heavy atom. The van der Waals surface area contributed by atoms with Gasteiger partial charge in [0.05, 0.1) is 17.4 Å². The summed E-state index contributed by atoms with van der Waals surface area (Å²) in [6, 6.07) is 3.21. The van der Waals surface area contributed by atoms with Crippen molar-refractivity contribution in [3.8, 4) is 0 Å². The third-order valence-corrected chi connectivity index (χ3v) is 8.09. The molecule has 1 atom stereocenters. The van der Waals surface area contributed by atoms with Crippen LogP contribution in [0, 0.1) is 11.2 Å². The van der Waals surface area contributed by atoms with Crippen molar-refractivity contribution in [2.75, 3.05) is 31.6 Å². The lowest BCUT2D eigenvalue weighted by molar-refractivity contribution is 0.215. The van der Waals surface area contributed by atoms with Gasteiger partial charge in [0.15, 0.2) is 11.6 Å². The fraction of sp³-hybridized carbons (Fsp3) is 0.400. The van der Waals surface area contributed by atoms with Gasteiger partial charge in [0, 0.05) is 61.3 Å². The Kier molecular flexibility index (Phi) is 6.54. The Morgan fingerprint density at radius 1 is 1.21 bits per heavy atom. The Balaban J connectivity index is 1.47. The largest absolute Gasteiger partial charge is 0.397 e. The van der Waals surface area contributed by atoms with Crippen molar-refractivity contribution in [1.82, 2.24) is 30.6 Å². The molecule has 9 heteroatoms. The monoisotopic (exact) mass is 526 g/mol.